The highest BCUT2D eigenvalue weighted by molar-refractivity contribution is 5.72. The predicted octanol–water partition coefficient (Wildman–Crippen LogP) is 2.55. The van der Waals surface area contributed by atoms with E-state index in [0.29, 0.717) is 13.2 Å². The molecule has 1 saturated heterocycles. The Kier molecular flexibility index (Phi) is 5.88. The zero-order valence-corrected chi connectivity index (χ0v) is 14.7. The molecule has 0 atom stereocenters. The lowest BCUT2D eigenvalue weighted by molar-refractivity contribution is -0.156. The van der Waals surface area contributed by atoms with Gasteiger partial charge in [0.05, 0.1) is 18.8 Å². The molecule has 1 aromatic carbocycles. The lowest BCUT2D eigenvalue weighted by Crippen LogP contribution is -2.48. The normalized spacial score (nSPS) is 16.3. The maximum Gasteiger partial charge on any atom is 0.320 e. The first kappa shape index (κ1) is 17.6. The summed E-state index contributed by atoms with van der Waals surface area (Å²) in [5.41, 5.74) is 0.710. The summed E-state index contributed by atoms with van der Waals surface area (Å²) in [5.74, 6) is 0.774. The molecule has 5 heteroatoms. The zero-order valence-electron chi connectivity index (χ0n) is 14.7. The molecule has 1 aromatic rings. The van der Waals surface area contributed by atoms with Crippen LogP contribution in [-0.4, -0.2) is 55.8 Å². The monoisotopic (exact) mass is 320 g/mol. The van der Waals surface area contributed by atoms with Crippen molar-refractivity contribution in [3.63, 3.8) is 0 Å². The third-order valence-corrected chi connectivity index (χ3v) is 3.65. The van der Waals surface area contributed by atoms with E-state index in [9.17, 15) is 4.79 Å². The van der Waals surface area contributed by atoms with E-state index < -0.39 is 5.60 Å². The highest BCUT2D eigenvalue weighted by Gasteiger charge is 2.23. The highest BCUT2D eigenvalue weighted by Crippen LogP contribution is 2.28. The van der Waals surface area contributed by atoms with E-state index >= 15 is 0 Å². The largest absolute Gasteiger partial charge is 0.492 e. The Morgan fingerprint density at radius 3 is 2.39 bits per heavy atom. The smallest absolute Gasteiger partial charge is 0.320 e. The average molecular weight is 320 g/mol. The molecule has 1 fully saturated rings. The second kappa shape index (κ2) is 7.68. The predicted molar refractivity (Wildman–Crippen MR) is 92.1 cm³/mol. The first-order valence-corrected chi connectivity index (χ1v) is 8.30. The molecule has 0 radical (unpaired) electrons. The van der Waals surface area contributed by atoms with Crippen molar-refractivity contribution in [2.24, 2.45) is 0 Å². The Balaban J connectivity index is 1.88. The van der Waals surface area contributed by atoms with Crippen molar-refractivity contribution in [3.05, 3.63) is 24.3 Å². The SMILES string of the molecule is CCOc1ccccc1N1CCN(CC(=O)OC(C)(C)C)CC1. The lowest BCUT2D eigenvalue weighted by Gasteiger charge is -2.36. The average Bonchev–Trinajstić information content (AvgIpc) is 2.47. The van der Waals surface area contributed by atoms with Gasteiger partial charge >= 0.3 is 5.97 Å². The quantitative estimate of drug-likeness (QED) is 0.780. The van der Waals surface area contributed by atoms with Gasteiger partial charge in [-0.05, 0) is 39.8 Å². The Bertz CT molecular complexity index is 517. The maximum atomic E-state index is 11.9. The molecule has 2 rings (SSSR count). The number of ether oxygens (including phenoxy) is 2. The number of benzene rings is 1. The topological polar surface area (TPSA) is 42.0 Å². The molecule has 0 aromatic heterocycles. The first-order chi connectivity index (χ1) is 10.9. The summed E-state index contributed by atoms with van der Waals surface area (Å²) < 4.78 is 11.1. The van der Waals surface area contributed by atoms with E-state index in [4.69, 9.17) is 9.47 Å². The number of nitrogens with zero attached hydrogens (tertiary/aromatic N) is 2. The van der Waals surface area contributed by atoms with E-state index in [2.05, 4.69) is 15.9 Å². The van der Waals surface area contributed by atoms with Gasteiger partial charge in [0.25, 0.3) is 0 Å². The minimum atomic E-state index is -0.421. The number of hydrogen-bond acceptors (Lipinski definition) is 5. The van der Waals surface area contributed by atoms with Gasteiger partial charge in [-0.2, -0.15) is 0 Å². The van der Waals surface area contributed by atoms with Crippen LogP contribution in [-0.2, 0) is 9.53 Å². The minimum Gasteiger partial charge on any atom is -0.492 e. The lowest BCUT2D eigenvalue weighted by atomic mass is 10.2. The molecule has 0 unspecified atom stereocenters. The molecule has 23 heavy (non-hydrogen) atoms. The summed E-state index contributed by atoms with van der Waals surface area (Å²) >= 11 is 0. The van der Waals surface area contributed by atoms with Crippen LogP contribution in [0.3, 0.4) is 0 Å². The van der Waals surface area contributed by atoms with Gasteiger partial charge in [0.2, 0.25) is 0 Å². The van der Waals surface area contributed by atoms with Gasteiger partial charge in [0.15, 0.2) is 0 Å². The fourth-order valence-electron chi connectivity index (χ4n) is 2.70. The molecule has 0 N–H and O–H groups in total. The Morgan fingerprint density at radius 1 is 1.13 bits per heavy atom. The number of para-hydroxylation sites is 2. The van der Waals surface area contributed by atoms with Gasteiger partial charge in [-0.3, -0.25) is 9.69 Å². The van der Waals surface area contributed by atoms with E-state index in [0.717, 1.165) is 37.6 Å². The number of anilines is 1. The highest BCUT2D eigenvalue weighted by atomic mass is 16.6. The number of carbonyl (C=O) groups excluding carboxylic acids is 1. The fraction of sp³-hybridized carbons (Fsp3) is 0.611. The molecule has 5 nitrogen and oxygen atoms in total. The summed E-state index contributed by atoms with van der Waals surface area (Å²) in [6, 6.07) is 8.12. The van der Waals surface area contributed by atoms with Crippen molar-refractivity contribution >= 4 is 11.7 Å². The third-order valence-electron chi connectivity index (χ3n) is 3.65. The van der Waals surface area contributed by atoms with Crippen LogP contribution >= 0.6 is 0 Å². The summed E-state index contributed by atoms with van der Waals surface area (Å²) in [4.78, 5) is 16.4. The molecule has 1 heterocycles. The van der Waals surface area contributed by atoms with Gasteiger partial charge in [0.1, 0.15) is 11.4 Å². The number of carbonyl (C=O) groups is 1. The van der Waals surface area contributed by atoms with E-state index in [1.54, 1.807) is 0 Å². The number of esters is 1. The molecule has 0 bridgehead atoms. The van der Waals surface area contributed by atoms with Crippen molar-refractivity contribution < 1.29 is 14.3 Å². The molecular formula is C18H28N2O3. The van der Waals surface area contributed by atoms with Crippen molar-refractivity contribution in [2.75, 3.05) is 44.2 Å². The van der Waals surface area contributed by atoms with Crippen LogP contribution in [0.15, 0.2) is 24.3 Å². The molecule has 0 amide bonds. The first-order valence-electron chi connectivity index (χ1n) is 8.30. The zero-order chi connectivity index (χ0) is 16.9. The Morgan fingerprint density at radius 2 is 1.78 bits per heavy atom. The van der Waals surface area contributed by atoms with Crippen molar-refractivity contribution in [3.8, 4) is 5.75 Å². The molecule has 1 aliphatic heterocycles. The summed E-state index contributed by atoms with van der Waals surface area (Å²) in [6.07, 6.45) is 0. The molecule has 0 aliphatic carbocycles. The number of piperazine rings is 1. The molecule has 0 saturated carbocycles. The van der Waals surface area contributed by atoms with Crippen LogP contribution < -0.4 is 9.64 Å². The van der Waals surface area contributed by atoms with Crippen molar-refractivity contribution in [2.45, 2.75) is 33.3 Å². The molecule has 128 valence electrons. The third kappa shape index (κ3) is 5.43. The van der Waals surface area contributed by atoms with Crippen LogP contribution in [0, 0.1) is 0 Å². The minimum absolute atomic E-state index is 0.152. The molecule has 0 spiro atoms. The van der Waals surface area contributed by atoms with E-state index in [1.807, 2.05) is 45.9 Å². The van der Waals surface area contributed by atoms with Crippen LogP contribution in [0.4, 0.5) is 5.69 Å². The second-order valence-corrected chi connectivity index (χ2v) is 6.75. The summed E-state index contributed by atoms with van der Waals surface area (Å²) in [7, 11) is 0. The van der Waals surface area contributed by atoms with E-state index in [-0.39, 0.29) is 5.97 Å². The van der Waals surface area contributed by atoms with Crippen LogP contribution in [0.5, 0.6) is 5.75 Å². The van der Waals surface area contributed by atoms with Gasteiger partial charge in [0, 0.05) is 26.2 Å². The number of rotatable bonds is 5. The fourth-order valence-corrected chi connectivity index (χ4v) is 2.70. The standard InChI is InChI=1S/C18H28N2O3/c1-5-22-16-9-7-6-8-15(16)20-12-10-19(11-13-20)14-17(21)23-18(2,3)4/h6-9H,5,10-14H2,1-4H3. The van der Waals surface area contributed by atoms with Crippen molar-refractivity contribution in [1.82, 2.24) is 4.90 Å². The van der Waals surface area contributed by atoms with Gasteiger partial charge in [-0.15, -0.1) is 0 Å². The Hall–Kier alpha value is -1.75. The van der Waals surface area contributed by atoms with Crippen molar-refractivity contribution in [1.29, 1.82) is 0 Å². The summed E-state index contributed by atoms with van der Waals surface area (Å²) in [5, 5.41) is 0. The van der Waals surface area contributed by atoms with Crippen LogP contribution in [0.1, 0.15) is 27.7 Å². The maximum absolute atomic E-state index is 11.9. The van der Waals surface area contributed by atoms with Crippen LogP contribution in [0.25, 0.3) is 0 Å². The second-order valence-electron chi connectivity index (χ2n) is 6.75. The number of hydrogen-bond donors (Lipinski definition) is 0. The van der Waals surface area contributed by atoms with Gasteiger partial charge in [-0.1, -0.05) is 12.1 Å². The summed E-state index contributed by atoms with van der Waals surface area (Å²) in [6.45, 7) is 12.2. The van der Waals surface area contributed by atoms with Gasteiger partial charge < -0.3 is 14.4 Å². The Labute approximate surface area is 139 Å². The van der Waals surface area contributed by atoms with Crippen LogP contribution in [0.2, 0.25) is 0 Å². The molecular weight excluding hydrogens is 292 g/mol. The van der Waals surface area contributed by atoms with E-state index in [1.165, 1.54) is 0 Å². The molecule has 1 aliphatic rings. The van der Waals surface area contributed by atoms with Gasteiger partial charge in [-0.25, -0.2) is 0 Å².